The van der Waals surface area contributed by atoms with Gasteiger partial charge in [-0.25, -0.2) is 19.3 Å². The number of alkyl halides is 3. The Morgan fingerprint density at radius 3 is 2.42 bits per heavy atom. The van der Waals surface area contributed by atoms with E-state index in [0.29, 0.717) is 18.3 Å². The number of aromatic nitrogens is 5. The van der Waals surface area contributed by atoms with Crippen molar-refractivity contribution in [2.24, 2.45) is 18.7 Å². The largest absolute Gasteiger partial charge is 0.490 e. The van der Waals surface area contributed by atoms with E-state index in [0.717, 1.165) is 58.1 Å². The van der Waals surface area contributed by atoms with Crippen LogP contribution >= 0.6 is 0 Å². The summed E-state index contributed by atoms with van der Waals surface area (Å²) in [6.07, 6.45) is -1.13. The maximum absolute atomic E-state index is 13.1. The molecule has 0 aliphatic carbocycles. The van der Waals surface area contributed by atoms with Gasteiger partial charge in [-0.05, 0) is 37.4 Å². The van der Waals surface area contributed by atoms with Crippen LogP contribution in [-0.2, 0) is 24.8 Å². The SMILES string of the molecule is Cn1cc(-c2n[nH]c(=O)n2-c2c3n(c4ccccc24)CCC(CN)C3)c2ccccc21.O=C(O)C(F)(F)F. The number of carboxylic acid groups (broad SMARTS) is 1. The molecular formula is C26H25F3N6O3. The lowest BCUT2D eigenvalue weighted by molar-refractivity contribution is -0.192. The number of halogens is 3. The van der Waals surface area contributed by atoms with Gasteiger partial charge >= 0.3 is 17.8 Å². The lowest BCUT2D eigenvalue weighted by Gasteiger charge is -2.24. The van der Waals surface area contributed by atoms with Crippen LogP contribution in [0.5, 0.6) is 0 Å². The Balaban J connectivity index is 0.000000374. The molecule has 0 amide bonds. The second-order valence-corrected chi connectivity index (χ2v) is 9.22. The van der Waals surface area contributed by atoms with Crippen molar-refractivity contribution in [3.63, 3.8) is 0 Å². The molecule has 2 aromatic carbocycles. The standard InChI is InChI=1S/C24H24N6O.C2HF3O2/c1-28-14-18(16-6-2-4-8-19(16)28)23-26-27-24(31)30(23)22-17-7-3-5-9-20(17)29-11-10-15(13-25)12-21(22)29;3-2(4,5)1(6)7/h2-9,14-15H,10-13,25H2,1H3,(H,27,31);(H,6,7). The van der Waals surface area contributed by atoms with Gasteiger partial charge in [0.25, 0.3) is 0 Å². The quantitative estimate of drug-likeness (QED) is 0.330. The van der Waals surface area contributed by atoms with Gasteiger partial charge in [-0.15, -0.1) is 0 Å². The average molecular weight is 527 g/mol. The number of benzene rings is 2. The predicted octanol–water partition coefficient (Wildman–Crippen LogP) is 3.83. The zero-order valence-corrected chi connectivity index (χ0v) is 20.4. The third kappa shape index (κ3) is 4.26. The number of aliphatic carboxylic acids is 1. The Bertz CT molecular complexity index is 1710. The Morgan fingerprint density at radius 1 is 1.13 bits per heavy atom. The molecule has 38 heavy (non-hydrogen) atoms. The van der Waals surface area contributed by atoms with Crippen LogP contribution in [0.2, 0.25) is 0 Å². The minimum Gasteiger partial charge on any atom is -0.475 e. The lowest BCUT2D eigenvalue weighted by atomic mass is 9.95. The number of nitrogens with two attached hydrogens (primary N) is 1. The third-order valence-corrected chi connectivity index (χ3v) is 6.90. The summed E-state index contributed by atoms with van der Waals surface area (Å²) < 4.78 is 37.9. The minimum absolute atomic E-state index is 0.225. The number of fused-ring (bicyclic) bond motifs is 4. The van der Waals surface area contributed by atoms with E-state index in [4.69, 9.17) is 15.6 Å². The number of rotatable bonds is 3. The monoisotopic (exact) mass is 526 g/mol. The Labute approximate surface area is 213 Å². The van der Waals surface area contributed by atoms with Gasteiger partial charge in [0.05, 0.1) is 11.2 Å². The van der Waals surface area contributed by atoms with Crippen LogP contribution in [0.15, 0.2) is 59.5 Å². The molecule has 1 aliphatic rings. The highest BCUT2D eigenvalue weighted by molar-refractivity contribution is 5.96. The van der Waals surface area contributed by atoms with E-state index >= 15 is 0 Å². The second-order valence-electron chi connectivity index (χ2n) is 9.22. The van der Waals surface area contributed by atoms with E-state index in [1.54, 1.807) is 4.57 Å². The zero-order chi connectivity index (χ0) is 27.2. The first kappa shape index (κ1) is 25.3. The third-order valence-electron chi connectivity index (χ3n) is 6.90. The first-order valence-corrected chi connectivity index (χ1v) is 11.9. The van der Waals surface area contributed by atoms with Crippen molar-refractivity contribution in [2.75, 3.05) is 6.54 Å². The summed E-state index contributed by atoms with van der Waals surface area (Å²) in [5.41, 5.74) is 11.1. The highest BCUT2D eigenvalue weighted by atomic mass is 19.4. The molecule has 0 bridgehead atoms. The molecule has 12 heteroatoms. The number of aromatic amines is 1. The first-order valence-electron chi connectivity index (χ1n) is 11.9. The van der Waals surface area contributed by atoms with Gasteiger partial charge in [-0.1, -0.05) is 36.4 Å². The van der Waals surface area contributed by atoms with Crippen LogP contribution in [0.1, 0.15) is 12.1 Å². The van der Waals surface area contributed by atoms with E-state index < -0.39 is 12.1 Å². The fourth-order valence-corrected chi connectivity index (χ4v) is 5.14. The topological polar surface area (TPSA) is 124 Å². The molecule has 0 radical (unpaired) electrons. The van der Waals surface area contributed by atoms with Gasteiger partial charge < -0.3 is 20.0 Å². The highest BCUT2D eigenvalue weighted by Crippen LogP contribution is 2.37. The number of carboxylic acids is 1. The molecule has 3 aromatic heterocycles. The van der Waals surface area contributed by atoms with Crippen LogP contribution in [0.25, 0.3) is 38.9 Å². The first-order chi connectivity index (χ1) is 18.1. The van der Waals surface area contributed by atoms with Crippen molar-refractivity contribution in [1.82, 2.24) is 23.9 Å². The zero-order valence-electron chi connectivity index (χ0n) is 20.4. The van der Waals surface area contributed by atoms with E-state index in [2.05, 4.69) is 49.7 Å². The van der Waals surface area contributed by atoms with Crippen molar-refractivity contribution in [3.8, 4) is 17.1 Å². The minimum atomic E-state index is -5.08. The fourth-order valence-electron chi connectivity index (χ4n) is 5.14. The van der Waals surface area contributed by atoms with Crippen molar-refractivity contribution >= 4 is 27.8 Å². The molecular weight excluding hydrogens is 501 g/mol. The number of hydrogen-bond acceptors (Lipinski definition) is 4. The summed E-state index contributed by atoms with van der Waals surface area (Å²) in [5, 5.41) is 16.5. The lowest BCUT2D eigenvalue weighted by Crippen LogP contribution is -2.27. The normalized spacial score (nSPS) is 15.3. The molecule has 0 spiro atoms. The number of nitrogens with zero attached hydrogens (tertiary/aromatic N) is 4. The van der Waals surface area contributed by atoms with Gasteiger partial charge in [0.1, 0.15) is 0 Å². The van der Waals surface area contributed by atoms with Crippen molar-refractivity contribution in [3.05, 3.63) is 70.9 Å². The number of aryl methyl sites for hydroxylation is 2. The molecule has 198 valence electrons. The van der Waals surface area contributed by atoms with Crippen LogP contribution in [0.3, 0.4) is 0 Å². The van der Waals surface area contributed by atoms with Gasteiger partial charge in [0.2, 0.25) is 0 Å². The van der Waals surface area contributed by atoms with Gasteiger partial charge in [0, 0.05) is 47.3 Å². The smallest absolute Gasteiger partial charge is 0.475 e. The van der Waals surface area contributed by atoms with Crippen LogP contribution in [-0.4, -0.2) is 47.7 Å². The molecule has 0 fully saturated rings. The Morgan fingerprint density at radius 2 is 1.76 bits per heavy atom. The number of H-pyrrole nitrogens is 1. The molecule has 0 saturated heterocycles. The van der Waals surface area contributed by atoms with E-state index in [1.807, 2.05) is 31.4 Å². The summed E-state index contributed by atoms with van der Waals surface area (Å²) in [5.74, 6) is -1.71. The number of carbonyl (C=O) groups is 1. The number of nitrogens with one attached hydrogen (secondary N) is 1. The summed E-state index contributed by atoms with van der Waals surface area (Å²) in [4.78, 5) is 22.0. The van der Waals surface area contributed by atoms with Gasteiger partial charge in [-0.2, -0.15) is 18.3 Å². The highest BCUT2D eigenvalue weighted by Gasteiger charge is 2.38. The van der Waals surface area contributed by atoms with Crippen LogP contribution in [0, 0.1) is 5.92 Å². The van der Waals surface area contributed by atoms with Crippen LogP contribution in [0.4, 0.5) is 13.2 Å². The summed E-state index contributed by atoms with van der Waals surface area (Å²) in [7, 11) is 2.02. The number of hydrogen-bond donors (Lipinski definition) is 3. The molecule has 1 atom stereocenters. The number of para-hydroxylation sites is 2. The molecule has 4 N–H and O–H groups in total. The maximum Gasteiger partial charge on any atom is 0.490 e. The maximum atomic E-state index is 13.1. The molecule has 1 unspecified atom stereocenters. The second kappa shape index (κ2) is 9.53. The van der Waals surface area contributed by atoms with Crippen LogP contribution < -0.4 is 11.4 Å². The van der Waals surface area contributed by atoms with Crippen molar-refractivity contribution in [2.45, 2.75) is 25.6 Å². The molecule has 9 nitrogen and oxygen atoms in total. The molecule has 1 aliphatic heterocycles. The van der Waals surface area contributed by atoms with E-state index in [1.165, 1.54) is 0 Å². The molecule has 6 rings (SSSR count). The van der Waals surface area contributed by atoms with Gasteiger partial charge in [0.15, 0.2) is 5.82 Å². The average Bonchev–Trinajstić information content (AvgIpc) is 3.54. The van der Waals surface area contributed by atoms with E-state index in [-0.39, 0.29) is 5.69 Å². The molecule has 0 saturated carbocycles. The van der Waals surface area contributed by atoms with E-state index in [9.17, 15) is 18.0 Å². The van der Waals surface area contributed by atoms with Crippen molar-refractivity contribution < 1.29 is 23.1 Å². The molecule has 4 heterocycles. The summed E-state index contributed by atoms with van der Waals surface area (Å²) >= 11 is 0. The van der Waals surface area contributed by atoms with Gasteiger partial charge in [-0.3, -0.25) is 0 Å². The predicted molar refractivity (Wildman–Crippen MR) is 136 cm³/mol. The Hall–Kier alpha value is -4.32. The summed E-state index contributed by atoms with van der Waals surface area (Å²) in [6, 6.07) is 16.5. The molecule has 5 aromatic rings. The fraction of sp³-hybridized carbons (Fsp3) is 0.269. The summed E-state index contributed by atoms with van der Waals surface area (Å²) in [6.45, 7) is 1.56. The Kier molecular flexibility index (Phi) is 6.35. The van der Waals surface area contributed by atoms with Crippen molar-refractivity contribution in [1.29, 1.82) is 0 Å².